The SMILES string of the molecule is CC(C(=O)N1CCCN(C(=O)COc2ccccc2)CC1)N1C(=O)c2ccccc2C1=O. The number of imide groups is 1. The number of rotatable bonds is 5. The molecular weight excluding hydrogens is 410 g/mol. The van der Waals surface area contributed by atoms with Gasteiger partial charge in [0, 0.05) is 26.2 Å². The largest absolute Gasteiger partial charge is 0.484 e. The van der Waals surface area contributed by atoms with Gasteiger partial charge in [-0.1, -0.05) is 30.3 Å². The molecule has 32 heavy (non-hydrogen) atoms. The Balaban J connectivity index is 1.35. The van der Waals surface area contributed by atoms with Gasteiger partial charge < -0.3 is 14.5 Å². The Morgan fingerprint density at radius 1 is 0.844 bits per heavy atom. The lowest BCUT2D eigenvalue weighted by Gasteiger charge is -2.28. The lowest BCUT2D eigenvalue weighted by molar-refractivity contribution is -0.136. The molecule has 1 fully saturated rings. The van der Waals surface area contributed by atoms with Crippen LogP contribution in [0, 0.1) is 0 Å². The molecule has 4 rings (SSSR count). The number of nitrogens with zero attached hydrogens (tertiary/aromatic N) is 3. The molecule has 2 aliphatic rings. The predicted molar refractivity (Wildman–Crippen MR) is 116 cm³/mol. The molecule has 8 nitrogen and oxygen atoms in total. The lowest BCUT2D eigenvalue weighted by atomic mass is 10.1. The molecule has 4 amide bonds. The number of para-hydroxylation sites is 1. The van der Waals surface area contributed by atoms with Crippen molar-refractivity contribution in [3.8, 4) is 5.75 Å². The van der Waals surface area contributed by atoms with E-state index in [-0.39, 0.29) is 18.4 Å². The van der Waals surface area contributed by atoms with Gasteiger partial charge in [0.25, 0.3) is 17.7 Å². The Bertz CT molecular complexity index is 1000. The van der Waals surface area contributed by atoms with Crippen molar-refractivity contribution in [3.63, 3.8) is 0 Å². The van der Waals surface area contributed by atoms with Gasteiger partial charge >= 0.3 is 0 Å². The normalized spacial score (nSPS) is 17.1. The van der Waals surface area contributed by atoms with E-state index in [1.807, 2.05) is 18.2 Å². The van der Waals surface area contributed by atoms with Crippen LogP contribution in [-0.4, -0.2) is 77.2 Å². The van der Waals surface area contributed by atoms with Crippen LogP contribution in [0.2, 0.25) is 0 Å². The standard InChI is InChI=1S/C24H25N3O5/c1-17(27-23(30)19-10-5-6-11-20(19)24(27)31)22(29)26-13-7-12-25(14-15-26)21(28)16-32-18-8-3-2-4-9-18/h2-6,8-11,17H,7,12-16H2,1H3. The third kappa shape index (κ3) is 4.21. The van der Waals surface area contributed by atoms with E-state index >= 15 is 0 Å². The zero-order chi connectivity index (χ0) is 22.7. The molecule has 166 valence electrons. The van der Waals surface area contributed by atoms with Crippen LogP contribution in [0.15, 0.2) is 54.6 Å². The summed E-state index contributed by atoms with van der Waals surface area (Å²) in [5.41, 5.74) is 0.645. The Morgan fingerprint density at radius 2 is 1.41 bits per heavy atom. The van der Waals surface area contributed by atoms with Crippen molar-refractivity contribution in [3.05, 3.63) is 65.7 Å². The molecule has 2 heterocycles. The summed E-state index contributed by atoms with van der Waals surface area (Å²) in [5, 5.41) is 0. The number of carbonyl (C=O) groups excluding carboxylic acids is 4. The van der Waals surface area contributed by atoms with Gasteiger partial charge in [-0.2, -0.15) is 0 Å². The average Bonchev–Trinajstić information content (AvgIpc) is 2.98. The van der Waals surface area contributed by atoms with Crippen LogP contribution in [-0.2, 0) is 9.59 Å². The molecule has 1 unspecified atom stereocenters. The Hall–Kier alpha value is -3.68. The summed E-state index contributed by atoms with van der Waals surface area (Å²) in [6.07, 6.45) is 0.609. The zero-order valence-electron chi connectivity index (χ0n) is 17.9. The second-order valence-electron chi connectivity index (χ2n) is 7.86. The third-order valence-corrected chi connectivity index (χ3v) is 5.84. The van der Waals surface area contributed by atoms with Crippen molar-refractivity contribution in [1.82, 2.24) is 14.7 Å². The minimum Gasteiger partial charge on any atom is -0.484 e. The minimum atomic E-state index is -0.911. The molecule has 1 atom stereocenters. The van der Waals surface area contributed by atoms with E-state index in [0.717, 1.165) is 4.90 Å². The van der Waals surface area contributed by atoms with E-state index in [9.17, 15) is 19.2 Å². The van der Waals surface area contributed by atoms with E-state index in [1.54, 1.807) is 53.1 Å². The van der Waals surface area contributed by atoms with Crippen LogP contribution >= 0.6 is 0 Å². The molecule has 0 N–H and O–H groups in total. The topological polar surface area (TPSA) is 87.2 Å². The van der Waals surface area contributed by atoms with Gasteiger partial charge in [-0.25, -0.2) is 0 Å². The summed E-state index contributed by atoms with van der Waals surface area (Å²) < 4.78 is 5.54. The van der Waals surface area contributed by atoms with Crippen LogP contribution in [0.25, 0.3) is 0 Å². The van der Waals surface area contributed by atoms with Crippen LogP contribution in [0.1, 0.15) is 34.1 Å². The maximum atomic E-state index is 13.1. The number of fused-ring (bicyclic) bond motifs is 1. The molecule has 1 saturated heterocycles. The first-order valence-corrected chi connectivity index (χ1v) is 10.7. The highest BCUT2D eigenvalue weighted by Gasteiger charge is 2.41. The Kier molecular flexibility index (Phi) is 6.20. The molecule has 0 radical (unpaired) electrons. The number of hydrogen-bond donors (Lipinski definition) is 0. The highest BCUT2D eigenvalue weighted by atomic mass is 16.5. The first kappa shape index (κ1) is 21.5. The highest BCUT2D eigenvalue weighted by molar-refractivity contribution is 6.22. The molecule has 0 aromatic heterocycles. The van der Waals surface area contributed by atoms with Crippen molar-refractivity contribution < 1.29 is 23.9 Å². The quantitative estimate of drug-likeness (QED) is 0.669. The van der Waals surface area contributed by atoms with E-state index < -0.39 is 17.9 Å². The van der Waals surface area contributed by atoms with Gasteiger partial charge in [0.15, 0.2) is 6.61 Å². The second kappa shape index (κ2) is 9.21. The molecule has 0 aliphatic carbocycles. The van der Waals surface area contributed by atoms with E-state index in [1.165, 1.54) is 0 Å². The summed E-state index contributed by atoms with van der Waals surface area (Å²) in [7, 11) is 0. The van der Waals surface area contributed by atoms with Gasteiger partial charge in [-0.3, -0.25) is 24.1 Å². The fourth-order valence-corrected chi connectivity index (χ4v) is 4.07. The molecular formula is C24H25N3O5. The molecule has 2 aliphatic heterocycles. The van der Waals surface area contributed by atoms with Crippen LogP contribution in [0.5, 0.6) is 5.75 Å². The predicted octanol–water partition coefficient (Wildman–Crippen LogP) is 1.81. The van der Waals surface area contributed by atoms with Crippen LogP contribution in [0.3, 0.4) is 0 Å². The molecule has 0 bridgehead atoms. The first-order chi connectivity index (χ1) is 15.5. The average molecular weight is 435 g/mol. The molecule has 0 spiro atoms. The third-order valence-electron chi connectivity index (χ3n) is 5.84. The first-order valence-electron chi connectivity index (χ1n) is 10.7. The summed E-state index contributed by atoms with van der Waals surface area (Å²) in [5.74, 6) is -0.708. The smallest absolute Gasteiger partial charge is 0.262 e. The van der Waals surface area contributed by atoms with Gasteiger partial charge in [0.2, 0.25) is 5.91 Å². The molecule has 8 heteroatoms. The fourth-order valence-electron chi connectivity index (χ4n) is 4.07. The summed E-state index contributed by atoms with van der Waals surface area (Å²) in [6, 6.07) is 14.8. The Labute approximate surface area is 186 Å². The number of carbonyl (C=O) groups is 4. The number of hydrogen-bond acceptors (Lipinski definition) is 5. The maximum absolute atomic E-state index is 13.1. The van der Waals surface area contributed by atoms with Crippen molar-refractivity contribution in [1.29, 1.82) is 0 Å². The van der Waals surface area contributed by atoms with E-state index in [2.05, 4.69) is 0 Å². The molecule has 2 aromatic rings. The lowest BCUT2D eigenvalue weighted by Crippen LogP contribution is -2.50. The second-order valence-corrected chi connectivity index (χ2v) is 7.86. The van der Waals surface area contributed by atoms with Crippen LogP contribution < -0.4 is 4.74 Å². The van der Waals surface area contributed by atoms with Crippen molar-refractivity contribution in [2.75, 3.05) is 32.8 Å². The molecule has 2 aromatic carbocycles. The summed E-state index contributed by atoms with van der Waals surface area (Å²) in [4.78, 5) is 55.4. The van der Waals surface area contributed by atoms with Gasteiger partial charge in [0.1, 0.15) is 11.8 Å². The van der Waals surface area contributed by atoms with Gasteiger partial charge in [0.05, 0.1) is 11.1 Å². The molecule has 0 saturated carbocycles. The number of benzene rings is 2. The summed E-state index contributed by atoms with van der Waals surface area (Å²) in [6.45, 7) is 3.19. The number of amides is 4. The van der Waals surface area contributed by atoms with Crippen molar-refractivity contribution >= 4 is 23.6 Å². The van der Waals surface area contributed by atoms with Crippen LogP contribution in [0.4, 0.5) is 0 Å². The highest BCUT2D eigenvalue weighted by Crippen LogP contribution is 2.25. The van der Waals surface area contributed by atoms with E-state index in [4.69, 9.17) is 4.74 Å². The monoisotopic (exact) mass is 435 g/mol. The van der Waals surface area contributed by atoms with E-state index in [0.29, 0.717) is 49.5 Å². The van der Waals surface area contributed by atoms with Gasteiger partial charge in [-0.05, 0) is 37.6 Å². The fraction of sp³-hybridized carbons (Fsp3) is 0.333. The maximum Gasteiger partial charge on any atom is 0.262 e. The van der Waals surface area contributed by atoms with Gasteiger partial charge in [-0.15, -0.1) is 0 Å². The zero-order valence-corrected chi connectivity index (χ0v) is 17.9. The van der Waals surface area contributed by atoms with Crippen molar-refractivity contribution in [2.45, 2.75) is 19.4 Å². The number of ether oxygens (including phenoxy) is 1. The minimum absolute atomic E-state index is 0.0661. The summed E-state index contributed by atoms with van der Waals surface area (Å²) >= 11 is 0. The Morgan fingerprint density at radius 3 is 2.06 bits per heavy atom. The van der Waals surface area contributed by atoms with Crippen molar-refractivity contribution in [2.24, 2.45) is 0 Å².